The van der Waals surface area contributed by atoms with Crippen LogP contribution >= 0.6 is 22.6 Å². The van der Waals surface area contributed by atoms with Crippen LogP contribution in [0.25, 0.3) is 10.9 Å². The van der Waals surface area contributed by atoms with E-state index >= 15 is 0 Å². The molecule has 0 saturated heterocycles. The normalized spacial score (nSPS) is 11.6. The molecule has 1 heterocycles. The van der Waals surface area contributed by atoms with Gasteiger partial charge in [0.25, 0.3) is 0 Å². The summed E-state index contributed by atoms with van der Waals surface area (Å²) in [5.74, 6) is 0.490. The molecular formula is C12H14IN3O2. The summed E-state index contributed by atoms with van der Waals surface area (Å²) in [6, 6.07) is 5.79. The molecular weight excluding hydrogens is 345 g/mol. The number of rotatable bonds is 1. The van der Waals surface area contributed by atoms with E-state index in [0.29, 0.717) is 5.82 Å². The molecule has 0 aliphatic carbocycles. The average Bonchev–Trinajstić information content (AvgIpc) is 2.59. The third-order valence-electron chi connectivity index (χ3n) is 2.16. The maximum Gasteiger partial charge on any atom is 0.413 e. The molecule has 0 saturated carbocycles. The summed E-state index contributed by atoms with van der Waals surface area (Å²) in [5.41, 5.74) is 0.358. The molecule has 0 bridgehead atoms. The van der Waals surface area contributed by atoms with Crippen LogP contribution in [-0.4, -0.2) is 21.9 Å². The molecule has 1 aromatic heterocycles. The van der Waals surface area contributed by atoms with Gasteiger partial charge in [0.1, 0.15) is 5.60 Å². The molecule has 0 aliphatic heterocycles. The van der Waals surface area contributed by atoms with Gasteiger partial charge in [-0.1, -0.05) is 6.07 Å². The molecule has 6 heteroatoms. The SMILES string of the molecule is CC(C)(C)OC(=O)Nc1n[nH]c2cccc(I)c12. The van der Waals surface area contributed by atoms with E-state index in [0.717, 1.165) is 14.5 Å². The third kappa shape index (κ3) is 2.92. The van der Waals surface area contributed by atoms with Crippen molar-refractivity contribution in [2.24, 2.45) is 0 Å². The van der Waals surface area contributed by atoms with Gasteiger partial charge in [0.15, 0.2) is 5.82 Å². The number of aromatic nitrogens is 2. The number of halogens is 1. The highest BCUT2D eigenvalue weighted by Gasteiger charge is 2.18. The summed E-state index contributed by atoms with van der Waals surface area (Å²) >= 11 is 2.20. The number of nitrogens with one attached hydrogen (secondary N) is 2. The average molecular weight is 359 g/mol. The van der Waals surface area contributed by atoms with Crippen LogP contribution in [0.1, 0.15) is 20.8 Å². The second-order valence-electron chi connectivity index (χ2n) is 4.86. The van der Waals surface area contributed by atoms with Gasteiger partial charge in [0, 0.05) is 3.57 Å². The first-order chi connectivity index (χ1) is 8.37. The van der Waals surface area contributed by atoms with Crippen molar-refractivity contribution in [1.82, 2.24) is 10.2 Å². The summed E-state index contributed by atoms with van der Waals surface area (Å²) in [6.07, 6.45) is -0.504. The van der Waals surface area contributed by atoms with Gasteiger partial charge in [-0.25, -0.2) is 4.79 Å². The highest BCUT2D eigenvalue weighted by Crippen LogP contribution is 2.26. The van der Waals surface area contributed by atoms with Gasteiger partial charge >= 0.3 is 6.09 Å². The lowest BCUT2D eigenvalue weighted by Crippen LogP contribution is -2.27. The number of benzene rings is 1. The summed E-state index contributed by atoms with van der Waals surface area (Å²) in [7, 11) is 0. The van der Waals surface area contributed by atoms with Crippen LogP contribution in [0.4, 0.5) is 10.6 Å². The van der Waals surface area contributed by atoms with Gasteiger partial charge in [0.05, 0.1) is 10.9 Å². The smallest absolute Gasteiger partial charge is 0.413 e. The maximum atomic E-state index is 11.7. The topological polar surface area (TPSA) is 67.0 Å². The Bertz CT molecular complexity index is 587. The number of hydrogen-bond acceptors (Lipinski definition) is 3. The maximum absolute atomic E-state index is 11.7. The van der Waals surface area contributed by atoms with E-state index in [-0.39, 0.29) is 0 Å². The predicted octanol–water partition coefficient (Wildman–Crippen LogP) is 3.51. The Morgan fingerprint density at radius 1 is 1.44 bits per heavy atom. The van der Waals surface area contributed by atoms with E-state index in [1.54, 1.807) is 0 Å². The molecule has 96 valence electrons. The van der Waals surface area contributed by atoms with Gasteiger partial charge < -0.3 is 4.74 Å². The molecule has 2 rings (SSSR count). The molecule has 18 heavy (non-hydrogen) atoms. The quantitative estimate of drug-likeness (QED) is 0.766. The fourth-order valence-corrected chi connectivity index (χ4v) is 2.27. The first-order valence-corrected chi connectivity index (χ1v) is 6.57. The van der Waals surface area contributed by atoms with Gasteiger partial charge in [-0.05, 0) is 55.5 Å². The molecule has 1 aromatic carbocycles. The number of anilines is 1. The summed E-state index contributed by atoms with van der Waals surface area (Å²) in [5, 5.41) is 10.5. The Hall–Kier alpha value is -1.31. The Labute approximate surface area is 118 Å². The lowest BCUT2D eigenvalue weighted by atomic mass is 10.2. The van der Waals surface area contributed by atoms with Crippen molar-refractivity contribution < 1.29 is 9.53 Å². The van der Waals surface area contributed by atoms with E-state index in [4.69, 9.17) is 4.74 Å². The second kappa shape index (κ2) is 4.75. The minimum absolute atomic E-state index is 0.490. The zero-order valence-electron chi connectivity index (χ0n) is 10.4. The molecule has 2 N–H and O–H groups in total. The number of carbonyl (C=O) groups excluding carboxylic acids is 1. The van der Waals surface area contributed by atoms with Crippen LogP contribution in [0.5, 0.6) is 0 Å². The molecule has 1 amide bonds. The van der Waals surface area contributed by atoms with Crippen molar-refractivity contribution >= 4 is 45.4 Å². The van der Waals surface area contributed by atoms with E-state index in [1.165, 1.54) is 0 Å². The largest absolute Gasteiger partial charge is 0.444 e. The van der Waals surface area contributed by atoms with Crippen LogP contribution < -0.4 is 5.32 Å². The van der Waals surface area contributed by atoms with Crippen molar-refractivity contribution in [1.29, 1.82) is 0 Å². The number of hydrogen-bond donors (Lipinski definition) is 2. The number of carbonyl (C=O) groups is 1. The molecule has 0 spiro atoms. The van der Waals surface area contributed by atoms with E-state index in [1.807, 2.05) is 39.0 Å². The third-order valence-corrected chi connectivity index (χ3v) is 3.06. The molecule has 0 aliphatic rings. The molecule has 0 radical (unpaired) electrons. The highest BCUT2D eigenvalue weighted by atomic mass is 127. The fourth-order valence-electron chi connectivity index (χ4n) is 1.52. The Balaban J connectivity index is 2.25. The Morgan fingerprint density at radius 2 is 2.17 bits per heavy atom. The number of ether oxygens (including phenoxy) is 1. The molecule has 5 nitrogen and oxygen atoms in total. The van der Waals surface area contributed by atoms with E-state index in [9.17, 15) is 4.79 Å². The predicted molar refractivity (Wildman–Crippen MR) is 78.7 cm³/mol. The van der Waals surface area contributed by atoms with Gasteiger partial charge in [-0.2, -0.15) is 5.10 Å². The standard InChI is InChI=1S/C12H14IN3O2/c1-12(2,3)18-11(17)14-10-9-7(13)5-4-6-8(9)15-16-10/h4-6H,1-3H3,(H2,14,15,16,17). The Kier molecular flexibility index (Phi) is 3.47. The van der Waals surface area contributed by atoms with Gasteiger partial charge in [0.2, 0.25) is 0 Å². The highest BCUT2D eigenvalue weighted by molar-refractivity contribution is 14.1. The second-order valence-corrected chi connectivity index (χ2v) is 6.02. The number of amides is 1. The van der Waals surface area contributed by atoms with Crippen molar-refractivity contribution in [2.75, 3.05) is 5.32 Å². The summed E-state index contributed by atoms with van der Waals surface area (Å²) in [4.78, 5) is 11.7. The first kappa shape index (κ1) is 13.1. The summed E-state index contributed by atoms with van der Waals surface area (Å²) in [6.45, 7) is 5.46. The molecule has 0 unspecified atom stereocenters. The van der Waals surface area contributed by atoms with E-state index < -0.39 is 11.7 Å². The minimum Gasteiger partial charge on any atom is -0.444 e. The van der Waals surface area contributed by atoms with Crippen molar-refractivity contribution in [2.45, 2.75) is 26.4 Å². The number of H-pyrrole nitrogens is 1. The zero-order valence-corrected chi connectivity index (χ0v) is 12.5. The number of nitrogens with zero attached hydrogens (tertiary/aromatic N) is 1. The van der Waals surface area contributed by atoms with Gasteiger partial charge in [-0.15, -0.1) is 0 Å². The van der Waals surface area contributed by atoms with Crippen LogP contribution in [0.15, 0.2) is 18.2 Å². The minimum atomic E-state index is -0.524. The van der Waals surface area contributed by atoms with Crippen LogP contribution in [0.3, 0.4) is 0 Å². The monoisotopic (exact) mass is 359 g/mol. The first-order valence-electron chi connectivity index (χ1n) is 5.49. The van der Waals surface area contributed by atoms with E-state index in [2.05, 4.69) is 38.1 Å². The zero-order chi connectivity index (χ0) is 13.3. The van der Waals surface area contributed by atoms with Crippen LogP contribution in [0, 0.1) is 3.57 Å². The number of fused-ring (bicyclic) bond motifs is 1. The van der Waals surface area contributed by atoms with Crippen molar-refractivity contribution in [3.63, 3.8) is 0 Å². The number of aromatic amines is 1. The van der Waals surface area contributed by atoms with Crippen LogP contribution in [0.2, 0.25) is 0 Å². The molecule has 0 atom stereocenters. The van der Waals surface area contributed by atoms with Crippen LogP contribution in [-0.2, 0) is 4.74 Å². The Morgan fingerprint density at radius 3 is 2.83 bits per heavy atom. The fraction of sp³-hybridized carbons (Fsp3) is 0.333. The summed E-state index contributed by atoms with van der Waals surface area (Å²) < 4.78 is 6.21. The van der Waals surface area contributed by atoms with Crippen molar-refractivity contribution in [3.8, 4) is 0 Å². The molecule has 0 fully saturated rings. The lowest BCUT2D eigenvalue weighted by Gasteiger charge is -2.19. The van der Waals surface area contributed by atoms with Crippen molar-refractivity contribution in [3.05, 3.63) is 21.8 Å². The molecule has 2 aromatic rings. The lowest BCUT2D eigenvalue weighted by molar-refractivity contribution is 0.0635. The van der Waals surface area contributed by atoms with Gasteiger partial charge in [-0.3, -0.25) is 10.4 Å².